The van der Waals surface area contributed by atoms with E-state index >= 15 is 0 Å². The van der Waals surface area contributed by atoms with Gasteiger partial charge in [0, 0.05) is 15.5 Å². The highest BCUT2D eigenvalue weighted by molar-refractivity contribution is 9.10. The fourth-order valence-corrected chi connectivity index (χ4v) is 2.66. The van der Waals surface area contributed by atoms with Crippen LogP contribution in [0.2, 0.25) is 5.02 Å². The highest BCUT2D eigenvalue weighted by Gasteiger charge is 2.14. The third kappa shape index (κ3) is 3.53. The average molecular weight is 347 g/mol. The summed E-state index contributed by atoms with van der Waals surface area (Å²) >= 11 is 9.38. The van der Waals surface area contributed by atoms with E-state index in [1.54, 1.807) is 12.1 Å². The molecule has 0 saturated carbocycles. The molecule has 1 unspecified atom stereocenters. The molecule has 0 spiro atoms. The third-order valence-corrected chi connectivity index (χ3v) is 3.63. The Hall–Kier alpha value is -0.970. The Bertz CT molecular complexity index is 604. The van der Waals surface area contributed by atoms with Gasteiger partial charge in [0.1, 0.15) is 11.6 Å². The van der Waals surface area contributed by atoms with E-state index in [0.717, 1.165) is 22.7 Å². The zero-order chi connectivity index (χ0) is 14.0. The Morgan fingerprint density at radius 2 is 1.89 bits per heavy atom. The second-order valence-electron chi connectivity index (χ2n) is 4.21. The predicted molar refractivity (Wildman–Crippen MR) is 76.1 cm³/mol. The highest BCUT2D eigenvalue weighted by atomic mass is 79.9. The van der Waals surface area contributed by atoms with E-state index in [2.05, 4.69) is 15.9 Å². The lowest BCUT2D eigenvalue weighted by atomic mass is 9.99. The molecule has 0 aliphatic carbocycles. The molecule has 100 valence electrons. The van der Waals surface area contributed by atoms with Gasteiger partial charge in [-0.2, -0.15) is 0 Å². The van der Waals surface area contributed by atoms with Crippen LogP contribution in [0, 0.1) is 11.6 Å². The SMILES string of the molecule is NC(Cc1cc(F)ccc1F)c1ccc(Br)cc1Cl. The lowest BCUT2D eigenvalue weighted by molar-refractivity contribution is 0.572. The van der Waals surface area contributed by atoms with Crippen LogP contribution in [-0.2, 0) is 6.42 Å². The lowest BCUT2D eigenvalue weighted by Crippen LogP contribution is -2.14. The Labute approximate surface area is 123 Å². The molecule has 1 atom stereocenters. The topological polar surface area (TPSA) is 26.0 Å². The maximum atomic E-state index is 13.5. The Balaban J connectivity index is 2.25. The first kappa shape index (κ1) is 14.4. The molecule has 0 radical (unpaired) electrons. The van der Waals surface area contributed by atoms with Crippen molar-refractivity contribution in [1.29, 1.82) is 0 Å². The van der Waals surface area contributed by atoms with Crippen molar-refractivity contribution < 1.29 is 8.78 Å². The maximum Gasteiger partial charge on any atom is 0.126 e. The summed E-state index contributed by atoms with van der Waals surface area (Å²) < 4.78 is 27.5. The zero-order valence-corrected chi connectivity index (χ0v) is 12.2. The first-order valence-corrected chi connectivity index (χ1v) is 6.79. The molecule has 1 nitrogen and oxygen atoms in total. The van der Waals surface area contributed by atoms with Crippen LogP contribution in [0.4, 0.5) is 8.78 Å². The number of hydrogen-bond donors (Lipinski definition) is 1. The van der Waals surface area contributed by atoms with Gasteiger partial charge in [0.05, 0.1) is 0 Å². The van der Waals surface area contributed by atoms with Crippen molar-refractivity contribution in [3.05, 3.63) is 68.7 Å². The van der Waals surface area contributed by atoms with E-state index < -0.39 is 17.7 Å². The van der Waals surface area contributed by atoms with Crippen LogP contribution in [0.5, 0.6) is 0 Å². The van der Waals surface area contributed by atoms with Gasteiger partial charge in [-0.25, -0.2) is 8.78 Å². The fourth-order valence-electron chi connectivity index (χ4n) is 1.85. The summed E-state index contributed by atoms with van der Waals surface area (Å²) in [5.41, 5.74) is 6.95. The summed E-state index contributed by atoms with van der Waals surface area (Å²) in [5, 5.41) is 0.499. The van der Waals surface area contributed by atoms with Crippen LogP contribution in [0.1, 0.15) is 17.2 Å². The van der Waals surface area contributed by atoms with Gasteiger partial charge in [-0.3, -0.25) is 0 Å². The molecule has 2 aromatic carbocycles. The number of benzene rings is 2. The number of nitrogens with two attached hydrogens (primary N) is 1. The van der Waals surface area contributed by atoms with Crippen LogP contribution in [-0.4, -0.2) is 0 Å². The lowest BCUT2D eigenvalue weighted by Gasteiger charge is -2.14. The number of rotatable bonds is 3. The summed E-state index contributed by atoms with van der Waals surface area (Å²) in [7, 11) is 0. The number of hydrogen-bond acceptors (Lipinski definition) is 1. The second-order valence-corrected chi connectivity index (χ2v) is 5.54. The molecule has 0 saturated heterocycles. The highest BCUT2D eigenvalue weighted by Crippen LogP contribution is 2.27. The molecule has 0 fully saturated rings. The van der Waals surface area contributed by atoms with Crippen molar-refractivity contribution in [2.75, 3.05) is 0 Å². The maximum absolute atomic E-state index is 13.5. The van der Waals surface area contributed by atoms with Crippen LogP contribution < -0.4 is 5.73 Å². The van der Waals surface area contributed by atoms with Crippen molar-refractivity contribution in [3.63, 3.8) is 0 Å². The van der Waals surface area contributed by atoms with Gasteiger partial charge in [-0.15, -0.1) is 0 Å². The summed E-state index contributed by atoms with van der Waals surface area (Å²) in [5.74, 6) is -0.949. The quantitative estimate of drug-likeness (QED) is 0.862. The Kier molecular flexibility index (Phi) is 4.55. The Morgan fingerprint density at radius 1 is 1.16 bits per heavy atom. The summed E-state index contributed by atoms with van der Waals surface area (Å²) in [6, 6.07) is 8.15. The van der Waals surface area contributed by atoms with E-state index in [9.17, 15) is 8.78 Å². The van der Waals surface area contributed by atoms with Gasteiger partial charge in [0.25, 0.3) is 0 Å². The van der Waals surface area contributed by atoms with E-state index in [1.165, 1.54) is 0 Å². The van der Waals surface area contributed by atoms with Crippen molar-refractivity contribution in [3.8, 4) is 0 Å². The van der Waals surface area contributed by atoms with Gasteiger partial charge in [0.15, 0.2) is 0 Å². The summed E-state index contributed by atoms with van der Waals surface area (Å²) in [6.45, 7) is 0. The van der Waals surface area contributed by atoms with Crippen molar-refractivity contribution >= 4 is 27.5 Å². The molecule has 0 aromatic heterocycles. The van der Waals surface area contributed by atoms with Gasteiger partial charge in [-0.1, -0.05) is 33.6 Å². The van der Waals surface area contributed by atoms with E-state index in [-0.39, 0.29) is 12.0 Å². The zero-order valence-electron chi connectivity index (χ0n) is 9.84. The van der Waals surface area contributed by atoms with E-state index in [1.807, 2.05) is 6.07 Å². The van der Waals surface area contributed by atoms with Crippen LogP contribution in [0.15, 0.2) is 40.9 Å². The first-order valence-electron chi connectivity index (χ1n) is 5.62. The molecule has 5 heteroatoms. The molecule has 0 bridgehead atoms. The third-order valence-electron chi connectivity index (χ3n) is 2.81. The molecule has 2 rings (SSSR count). The van der Waals surface area contributed by atoms with Gasteiger partial charge >= 0.3 is 0 Å². The molecule has 19 heavy (non-hydrogen) atoms. The largest absolute Gasteiger partial charge is 0.324 e. The van der Waals surface area contributed by atoms with Crippen LogP contribution in [0.25, 0.3) is 0 Å². The standard InChI is InChI=1S/C14H11BrClF2N/c15-9-1-3-11(12(16)7-9)14(19)6-8-5-10(17)2-4-13(8)18/h1-5,7,14H,6,19H2. The average Bonchev–Trinajstić information content (AvgIpc) is 2.33. The van der Waals surface area contributed by atoms with Gasteiger partial charge < -0.3 is 5.73 Å². The van der Waals surface area contributed by atoms with Gasteiger partial charge in [0.2, 0.25) is 0 Å². The van der Waals surface area contributed by atoms with Gasteiger partial charge in [-0.05, 0) is 47.9 Å². The van der Waals surface area contributed by atoms with E-state index in [4.69, 9.17) is 17.3 Å². The smallest absolute Gasteiger partial charge is 0.126 e. The predicted octanol–water partition coefficient (Wildman–Crippen LogP) is 4.62. The second kappa shape index (κ2) is 5.99. The van der Waals surface area contributed by atoms with Crippen LogP contribution >= 0.6 is 27.5 Å². The fraction of sp³-hybridized carbons (Fsp3) is 0.143. The molecule has 2 N–H and O–H groups in total. The monoisotopic (exact) mass is 345 g/mol. The minimum Gasteiger partial charge on any atom is -0.324 e. The molecule has 2 aromatic rings. The molecule has 0 amide bonds. The molecule has 0 aliphatic rings. The van der Waals surface area contributed by atoms with Crippen molar-refractivity contribution in [2.45, 2.75) is 12.5 Å². The van der Waals surface area contributed by atoms with Crippen LogP contribution in [0.3, 0.4) is 0 Å². The summed E-state index contributed by atoms with van der Waals surface area (Å²) in [4.78, 5) is 0. The minimum absolute atomic E-state index is 0.185. The van der Waals surface area contributed by atoms with E-state index in [0.29, 0.717) is 10.6 Å². The molecule has 0 heterocycles. The normalized spacial score (nSPS) is 12.5. The first-order chi connectivity index (χ1) is 8.97. The molecular formula is C14H11BrClF2N. The number of halogens is 4. The van der Waals surface area contributed by atoms with Crippen molar-refractivity contribution in [2.24, 2.45) is 5.73 Å². The molecule has 0 aliphatic heterocycles. The minimum atomic E-state index is -0.489. The molecular weight excluding hydrogens is 336 g/mol. The summed E-state index contributed by atoms with van der Waals surface area (Å²) in [6.07, 6.45) is 0.185. The van der Waals surface area contributed by atoms with Crippen molar-refractivity contribution in [1.82, 2.24) is 0 Å². The Morgan fingerprint density at radius 3 is 2.58 bits per heavy atom.